The molecule has 2 atom stereocenters. The van der Waals surface area contributed by atoms with E-state index >= 15 is 0 Å². The van der Waals surface area contributed by atoms with Crippen LogP contribution in [0.1, 0.15) is 5.01 Å². The number of thiazole rings is 1. The van der Waals surface area contributed by atoms with E-state index in [0.29, 0.717) is 5.69 Å². The Kier molecular flexibility index (Phi) is 4.00. The highest BCUT2D eigenvalue weighted by Crippen LogP contribution is 2.25. The molecule has 1 saturated heterocycles. The highest BCUT2D eigenvalue weighted by molar-refractivity contribution is 7.91. The molecule has 1 aliphatic rings. The van der Waals surface area contributed by atoms with Crippen molar-refractivity contribution in [2.75, 3.05) is 16.8 Å². The van der Waals surface area contributed by atoms with E-state index in [-0.39, 0.29) is 11.5 Å². The van der Waals surface area contributed by atoms with Crippen molar-refractivity contribution in [3.8, 4) is 0 Å². The molecule has 0 bridgehead atoms. The Morgan fingerprint density at radius 2 is 2.18 bits per heavy atom. The van der Waals surface area contributed by atoms with Crippen LogP contribution in [0.3, 0.4) is 0 Å². The van der Waals surface area contributed by atoms with Crippen LogP contribution in [0.4, 0.5) is 10.5 Å². The summed E-state index contributed by atoms with van der Waals surface area (Å²) in [5.41, 5.74) is 1.51. The van der Waals surface area contributed by atoms with Crippen LogP contribution >= 0.6 is 22.9 Å². The number of halogens is 1. The first-order valence-corrected chi connectivity index (χ1v) is 9.69. The van der Waals surface area contributed by atoms with Crippen molar-refractivity contribution in [3.05, 3.63) is 23.2 Å². The van der Waals surface area contributed by atoms with E-state index in [4.69, 9.17) is 11.6 Å². The average molecular weight is 360 g/mol. The molecule has 2 heterocycles. The predicted molar refractivity (Wildman–Crippen MR) is 88.6 cm³/mol. The molecule has 9 heteroatoms. The normalized spacial score (nSPS) is 23.5. The molecular formula is C13H14ClN3O3S2. The third-order valence-electron chi connectivity index (χ3n) is 3.35. The number of carbonyl (C=O) groups is 1. The molecule has 2 N–H and O–H groups in total. The molecular weight excluding hydrogens is 346 g/mol. The second-order valence-corrected chi connectivity index (χ2v) is 9.16. The molecule has 1 aliphatic heterocycles. The number of anilines is 1. The van der Waals surface area contributed by atoms with Gasteiger partial charge in [0.2, 0.25) is 0 Å². The van der Waals surface area contributed by atoms with Crippen molar-refractivity contribution >= 4 is 54.7 Å². The van der Waals surface area contributed by atoms with Gasteiger partial charge in [-0.25, -0.2) is 18.2 Å². The van der Waals surface area contributed by atoms with E-state index < -0.39 is 27.3 Å². The van der Waals surface area contributed by atoms with Crippen molar-refractivity contribution in [2.24, 2.45) is 0 Å². The van der Waals surface area contributed by atoms with Crippen LogP contribution in [0.15, 0.2) is 18.2 Å². The maximum absolute atomic E-state index is 12.0. The predicted octanol–water partition coefficient (Wildman–Crippen LogP) is 2.13. The second-order valence-electron chi connectivity index (χ2n) is 5.21. The van der Waals surface area contributed by atoms with E-state index in [1.807, 2.05) is 19.1 Å². The zero-order chi connectivity index (χ0) is 15.9. The van der Waals surface area contributed by atoms with E-state index in [0.717, 1.165) is 15.2 Å². The molecule has 0 saturated carbocycles. The van der Waals surface area contributed by atoms with Gasteiger partial charge in [0, 0.05) is 5.69 Å². The first kappa shape index (κ1) is 15.5. The number of amides is 2. The summed E-state index contributed by atoms with van der Waals surface area (Å²) in [4.78, 5) is 16.3. The lowest BCUT2D eigenvalue weighted by Crippen LogP contribution is -2.42. The number of carbonyl (C=O) groups excluding carboxylic acids is 1. The summed E-state index contributed by atoms with van der Waals surface area (Å²) in [6.45, 7) is 1.92. The first-order chi connectivity index (χ1) is 10.3. The van der Waals surface area contributed by atoms with Gasteiger partial charge in [-0.1, -0.05) is 0 Å². The van der Waals surface area contributed by atoms with Crippen molar-refractivity contribution in [1.82, 2.24) is 10.3 Å². The molecule has 1 aromatic heterocycles. The minimum atomic E-state index is -3.17. The fourth-order valence-corrected chi connectivity index (χ4v) is 5.81. The minimum Gasteiger partial charge on any atom is -0.333 e. The maximum Gasteiger partial charge on any atom is 0.319 e. The minimum absolute atomic E-state index is 0.106. The van der Waals surface area contributed by atoms with Crippen LogP contribution < -0.4 is 10.6 Å². The van der Waals surface area contributed by atoms with Gasteiger partial charge < -0.3 is 10.6 Å². The van der Waals surface area contributed by atoms with Gasteiger partial charge in [-0.3, -0.25) is 0 Å². The highest BCUT2D eigenvalue weighted by atomic mass is 35.5. The van der Waals surface area contributed by atoms with Crippen molar-refractivity contribution in [1.29, 1.82) is 0 Å². The third-order valence-corrected chi connectivity index (χ3v) is 6.66. The van der Waals surface area contributed by atoms with Gasteiger partial charge in [-0.15, -0.1) is 22.9 Å². The monoisotopic (exact) mass is 359 g/mol. The number of nitrogens with zero attached hydrogens (tertiary/aromatic N) is 1. The summed E-state index contributed by atoms with van der Waals surface area (Å²) >= 11 is 7.51. The molecule has 22 heavy (non-hydrogen) atoms. The summed E-state index contributed by atoms with van der Waals surface area (Å²) in [6.07, 6.45) is 0. The Morgan fingerprint density at radius 3 is 2.86 bits per heavy atom. The van der Waals surface area contributed by atoms with Gasteiger partial charge in [0.15, 0.2) is 9.84 Å². The molecule has 0 unspecified atom stereocenters. The van der Waals surface area contributed by atoms with Gasteiger partial charge in [0.05, 0.1) is 38.1 Å². The van der Waals surface area contributed by atoms with E-state index in [2.05, 4.69) is 15.6 Å². The lowest BCUT2D eigenvalue weighted by Gasteiger charge is -2.15. The Hall–Kier alpha value is -1.38. The number of nitrogens with one attached hydrogen (secondary N) is 2. The first-order valence-electron chi connectivity index (χ1n) is 6.62. The zero-order valence-electron chi connectivity index (χ0n) is 11.7. The van der Waals surface area contributed by atoms with Gasteiger partial charge in [-0.2, -0.15) is 0 Å². The lowest BCUT2D eigenvalue weighted by atomic mass is 10.2. The average Bonchev–Trinajstić information content (AvgIpc) is 2.87. The molecule has 2 amide bonds. The topological polar surface area (TPSA) is 88.2 Å². The van der Waals surface area contributed by atoms with Gasteiger partial charge in [0.1, 0.15) is 0 Å². The lowest BCUT2D eigenvalue weighted by molar-refractivity contribution is 0.249. The van der Waals surface area contributed by atoms with Crippen LogP contribution in [-0.4, -0.2) is 42.4 Å². The zero-order valence-corrected chi connectivity index (χ0v) is 14.1. The summed E-state index contributed by atoms with van der Waals surface area (Å²) in [6, 6.07) is 4.39. The Balaban J connectivity index is 1.68. The van der Waals surface area contributed by atoms with E-state index in [1.54, 1.807) is 17.4 Å². The fraction of sp³-hybridized carbons (Fsp3) is 0.385. The molecule has 118 valence electrons. The van der Waals surface area contributed by atoms with Crippen LogP contribution in [0.5, 0.6) is 0 Å². The SMILES string of the molecule is Cc1nc2ccc(NC(=O)N[C@H]3CS(=O)(=O)C[C@H]3Cl)cc2s1. The van der Waals surface area contributed by atoms with Crippen LogP contribution in [0.25, 0.3) is 10.2 Å². The Morgan fingerprint density at radius 1 is 1.41 bits per heavy atom. The summed E-state index contributed by atoms with van der Waals surface area (Å²) in [5.74, 6) is -0.229. The molecule has 0 aliphatic carbocycles. The number of fused-ring (bicyclic) bond motifs is 1. The fourth-order valence-electron chi connectivity index (χ4n) is 2.39. The van der Waals surface area contributed by atoms with Crippen LogP contribution in [0, 0.1) is 6.92 Å². The van der Waals surface area contributed by atoms with E-state index in [9.17, 15) is 13.2 Å². The molecule has 2 aromatic rings. The second kappa shape index (κ2) is 5.68. The summed E-state index contributed by atoms with van der Waals surface area (Å²) in [5, 5.41) is 5.67. The molecule has 3 rings (SSSR count). The number of sulfone groups is 1. The van der Waals surface area contributed by atoms with E-state index in [1.165, 1.54) is 0 Å². The van der Waals surface area contributed by atoms with Crippen molar-refractivity contribution in [3.63, 3.8) is 0 Å². The third kappa shape index (κ3) is 3.34. The number of hydrogen-bond acceptors (Lipinski definition) is 5. The number of hydrogen-bond donors (Lipinski definition) is 2. The van der Waals surface area contributed by atoms with Crippen LogP contribution in [-0.2, 0) is 9.84 Å². The maximum atomic E-state index is 12.0. The van der Waals surface area contributed by atoms with Crippen molar-refractivity contribution in [2.45, 2.75) is 18.3 Å². The highest BCUT2D eigenvalue weighted by Gasteiger charge is 2.37. The molecule has 6 nitrogen and oxygen atoms in total. The summed E-state index contributed by atoms with van der Waals surface area (Å²) < 4.78 is 23.9. The quantitative estimate of drug-likeness (QED) is 0.804. The Bertz CT molecular complexity index is 834. The number of benzene rings is 1. The number of alkyl halides is 1. The molecule has 0 spiro atoms. The Labute approximate surface area is 136 Å². The number of urea groups is 1. The van der Waals surface area contributed by atoms with Gasteiger partial charge in [-0.05, 0) is 25.1 Å². The molecule has 1 aromatic carbocycles. The smallest absolute Gasteiger partial charge is 0.319 e. The van der Waals surface area contributed by atoms with Gasteiger partial charge in [0.25, 0.3) is 0 Å². The van der Waals surface area contributed by atoms with Gasteiger partial charge >= 0.3 is 6.03 Å². The number of rotatable bonds is 2. The number of aryl methyl sites for hydroxylation is 1. The van der Waals surface area contributed by atoms with Crippen molar-refractivity contribution < 1.29 is 13.2 Å². The number of aromatic nitrogens is 1. The summed E-state index contributed by atoms with van der Waals surface area (Å²) in [7, 11) is -3.17. The van der Waals surface area contributed by atoms with Crippen LogP contribution in [0.2, 0.25) is 0 Å². The molecule has 0 radical (unpaired) electrons. The molecule has 1 fully saturated rings. The standard InChI is InChI=1S/C13H14ClN3O3S2/c1-7-15-10-3-2-8(4-12(10)21-7)16-13(18)17-11-6-22(19,20)5-9(11)14/h2-4,9,11H,5-6H2,1H3,(H2,16,17,18)/t9-,11+/m1/s1. The largest absolute Gasteiger partial charge is 0.333 e.